The number of amides is 1. The maximum Gasteiger partial charge on any atom is 0.237 e. The largest absolute Gasteiger partial charge is 0.379 e. The monoisotopic (exact) mass is 317 g/mol. The third-order valence-corrected chi connectivity index (χ3v) is 4.77. The minimum absolute atomic E-state index is 0.0233. The first kappa shape index (κ1) is 16.4. The Morgan fingerprint density at radius 2 is 2.04 bits per heavy atom. The molecule has 0 aliphatic carbocycles. The molecule has 5 heteroatoms. The number of piperidine rings is 1. The molecule has 2 saturated heterocycles. The SMILES string of the molecule is O=C(NCC(c1ccccc1)N1CCOCC1)C1CCCCN1. The number of nitrogens with zero attached hydrogens (tertiary/aromatic N) is 1. The lowest BCUT2D eigenvalue weighted by atomic mass is 10.0. The Balaban J connectivity index is 1.62. The van der Waals surface area contributed by atoms with Gasteiger partial charge in [0.05, 0.1) is 25.3 Å². The van der Waals surface area contributed by atoms with Crippen molar-refractivity contribution in [2.45, 2.75) is 31.3 Å². The highest BCUT2D eigenvalue weighted by Crippen LogP contribution is 2.21. The highest BCUT2D eigenvalue weighted by molar-refractivity contribution is 5.81. The highest BCUT2D eigenvalue weighted by Gasteiger charge is 2.25. The quantitative estimate of drug-likeness (QED) is 0.860. The lowest BCUT2D eigenvalue weighted by Crippen LogP contribution is -2.49. The Bertz CT molecular complexity index is 482. The van der Waals surface area contributed by atoms with Crippen molar-refractivity contribution in [2.75, 3.05) is 39.4 Å². The summed E-state index contributed by atoms with van der Waals surface area (Å²) in [6.07, 6.45) is 3.25. The normalized spacial score (nSPS) is 24.1. The first-order valence-corrected chi connectivity index (χ1v) is 8.72. The second-order valence-electron chi connectivity index (χ2n) is 6.32. The standard InChI is InChI=1S/C18H27N3O2/c22-18(16-8-4-5-9-19-16)20-14-17(15-6-2-1-3-7-15)21-10-12-23-13-11-21/h1-3,6-7,16-17,19H,4-5,8-14H2,(H,20,22). The summed E-state index contributed by atoms with van der Waals surface area (Å²) in [7, 11) is 0. The van der Waals surface area contributed by atoms with Crippen LogP contribution in [0.5, 0.6) is 0 Å². The summed E-state index contributed by atoms with van der Waals surface area (Å²) in [6, 6.07) is 10.6. The van der Waals surface area contributed by atoms with E-state index in [0.29, 0.717) is 6.54 Å². The molecule has 0 bridgehead atoms. The summed E-state index contributed by atoms with van der Waals surface area (Å²) < 4.78 is 5.47. The summed E-state index contributed by atoms with van der Waals surface area (Å²) in [4.78, 5) is 14.8. The number of hydrogen-bond donors (Lipinski definition) is 2. The maximum absolute atomic E-state index is 12.4. The number of carbonyl (C=O) groups is 1. The van der Waals surface area contributed by atoms with E-state index in [9.17, 15) is 4.79 Å². The van der Waals surface area contributed by atoms with Crippen LogP contribution < -0.4 is 10.6 Å². The number of hydrogen-bond acceptors (Lipinski definition) is 4. The van der Waals surface area contributed by atoms with Crippen molar-refractivity contribution >= 4 is 5.91 Å². The van der Waals surface area contributed by atoms with E-state index in [4.69, 9.17) is 4.74 Å². The molecule has 1 aromatic carbocycles. The Labute approximate surface area is 138 Å². The minimum Gasteiger partial charge on any atom is -0.379 e. The fraction of sp³-hybridized carbons (Fsp3) is 0.611. The second-order valence-corrected chi connectivity index (χ2v) is 6.32. The van der Waals surface area contributed by atoms with Crippen LogP contribution >= 0.6 is 0 Å². The summed E-state index contributed by atoms with van der Waals surface area (Å²) in [5.41, 5.74) is 1.26. The van der Waals surface area contributed by atoms with Crippen LogP contribution in [0, 0.1) is 0 Å². The molecule has 2 heterocycles. The van der Waals surface area contributed by atoms with E-state index >= 15 is 0 Å². The predicted octanol–water partition coefficient (Wildman–Crippen LogP) is 1.32. The Morgan fingerprint density at radius 1 is 1.26 bits per heavy atom. The van der Waals surface area contributed by atoms with Gasteiger partial charge >= 0.3 is 0 Å². The molecule has 0 saturated carbocycles. The minimum atomic E-state index is -0.0233. The van der Waals surface area contributed by atoms with Crippen molar-refractivity contribution in [1.82, 2.24) is 15.5 Å². The van der Waals surface area contributed by atoms with Gasteiger partial charge in [0.15, 0.2) is 0 Å². The van der Waals surface area contributed by atoms with Crippen LogP contribution in [0.4, 0.5) is 0 Å². The van der Waals surface area contributed by atoms with E-state index in [1.807, 2.05) is 6.07 Å². The van der Waals surface area contributed by atoms with Crippen molar-refractivity contribution < 1.29 is 9.53 Å². The van der Waals surface area contributed by atoms with Crippen LogP contribution in [0.3, 0.4) is 0 Å². The molecule has 0 spiro atoms. The van der Waals surface area contributed by atoms with Crippen molar-refractivity contribution in [2.24, 2.45) is 0 Å². The van der Waals surface area contributed by atoms with Crippen LogP contribution in [0.1, 0.15) is 30.9 Å². The molecule has 1 aromatic rings. The second kappa shape index (κ2) is 8.43. The van der Waals surface area contributed by atoms with Crippen molar-refractivity contribution in [3.8, 4) is 0 Å². The number of carbonyl (C=O) groups excluding carboxylic acids is 1. The Kier molecular flexibility index (Phi) is 6.02. The van der Waals surface area contributed by atoms with Gasteiger partial charge in [0.25, 0.3) is 0 Å². The number of benzene rings is 1. The zero-order valence-corrected chi connectivity index (χ0v) is 13.7. The molecular formula is C18H27N3O2. The van der Waals surface area contributed by atoms with E-state index < -0.39 is 0 Å². The van der Waals surface area contributed by atoms with Gasteiger partial charge in [-0.3, -0.25) is 9.69 Å². The number of morpholine rings is 1. The van der Waals surface area contributed by atoms with E-state index in [2.05, 4.69) is 39.8 Å². The van der Waals surface area contributed by atoms with E-state index in [1.165, 1.54) is 12.0 Å². The number of nitrogens with one attached hydrogen (secondary N) is 2. The Morgan fingerprint density at radius 3 is 2.74 bits per heavy atom. The fourth-order valence-corrected chi connectivity index (χ4v) is 3.42. The van der Waals surface area contributed by atoms with Crippen LogP contribution in [-0.4, -0.2) is 56.2 Å². The summed E-state index contributed by atoms with van der Waals surface area (Å²) >= 11 is 0. The molecule has 126 valence electrons. The highest BCUT2D eigenvalue weighted by atomic mass is 16.5. The third-order valence-electron chi connectivity index (χ3n) is 4.77. The van der Waals surface area contributed by atoms with Gasteiger partial charge in [-0.1, -0.05) is 36.8 Å². The molecule has 1 amide bonds. The topological polar surface area (TPSA) is 53.6 Å². The Hall–Kier alpha value is -1.43. The molecule has 0 aromatic heterocycles. The van der Waals surface area contributed by atoms with Gasteiger partial charge in [0.2, 0.25) is 5.91 Å². The lowest BCUT2D eigenvalue weighted by molar-refractivity contribution is -0.124. The molecule has 2 unspecified atom stereocenters. The first-order chi connectivity index (χ1) is 11.3. The van der Waals surface area contributed by atoms with E-state index in [-0.39, 0.29) is 18.0 Å². The van der Waals surface area contributed by atoms with Crippen LogP contribution in [0.25, 0.3) is 0 Å². The van der Waals surface area contributed by atoms with E-state index in [1.54, 1.807) is 0 Å². The molecular weight excluding hydrogens is 290 g/mol. The van der Waals surface area contributed by atoms with Gasteiger partial charge < -0.3 is 15.4 Å². The van der Waals surface area contributed by atoms with Gasteiger partial charge in [-0.2, -0.15) is 0 Å². The number of ether oxygens (including phenoxy) is 1. The summed E-state index contributed by atoms with van der Waals surface area (Å²) in [6.45, 7) is 4.96. The van der Waals surface area contributed by atoms with Gasteiger partial charge in [-0.25, -0.2) is 0 Å². The van der Waals surface area contributed by atoms with Crippen molar-refractivity contribution in [1.29, 1.82) is 0 Å². The first-order valence-electron chi connectivity index (χ1n) is 8.72. The van der Waals surface area contributed by atoms with Crippen molar-refractivity contribution in [3.63, 3.8) is 0 Å². The van der Waals surface area contributed by atoms with Gasteiger partial charge in [0, 0.05) is 19.6 Å². The van der Waals surface area contributed by atoms with Crippen LogP contribution in [0.15, 0.2) is 30.3 Å². The van der Waals surface area contributed by atoms with Crippen LogP contribution in [0.2, 0.25) is 0 Å². The average molecular weight is 317 g/mol. The molecule has 2 aliphatic rings. The molecule has 2 N–H and O–H groups in total. The van der Waals surface area contributed by atoms with Gasteiger partial charge in [-0.15, -0.1) is 0 Å². The van der Waals surface area contributed by atoms with Crippen molar-refractivity contribution in [3.05, 3.63) is 35.9 Å². The maximum atomic E-state index is 12.4. The zero-order chi connectivity index (χ0) is 15.9. The fourth-order valence-electron chi connectivity index (χ4n) is 3.42. The molecule has 0 radical (unpaired) electrons. The predicted molar refractivity (Wildman–Crippen MR) is 90.2 cm³/mol. The smallest absolute Gasteiger partial charge is 0.237 e. The molecule has 2 aliphatic heterocycles. The molecule has 5 nitrogen and oxygen atoms in total. The van der Waals surface area contributed by atoms with E-state index in [0.717, 1.165) is 45.7 Å². The zero-order valence-electron chi connectivity index (χ0n) is 13.7. The molecule has 2 atom stereocenters. The van der Waals surface area contributed by atoms with Gasteiger partial charge in [-0.05, 0) is 24.9 Å². The van der Waals surface area contributed by atoms with Gasteiger partial charge in [0.1, 0.15) is 0 Å². The summed E-state index contributed by atoms with van der Waals surface area (Å²) in [5.74, 6) is 0.138. The molecule has 23 heavy (non-hydrogen) atoms. The lowest BCUT2D eigenvalue weighted by Gasteiger charge is -2.35. The summed E-state index contributed by atoms with van der Waals surface area (Å²) in [5, 5.41) is 6.48. The van der Waals surface area contributed by atoms with Crippen LogP contribution in [-0.2, 0) is 9.53 Å². The average Bonchev–Trinajstić information content (AvgIpc) is 2.64. The third kappa shape index (κ3) is 4.53. The molecule has 3 rings (SSSR count). The number of rotatable bonds is 5. The molecule has 2 fully saturated rings.